The number of hydrazine groups is 1. The average Bonchev–Trinajstić information content (AvgIpc) is 3.37. The molecule has 26 heavy (non-hydrogen) atoms. The minimum Gasteiger partial charge on any atom is -0.475 e. The van der Waals surface area contributed by atoms with Crippen molar-refractivity contribution in [3.63, 3.8) is 0 Å². The highest BCUT2D eigenvalue weighted by Gasteiger charge is 2.45. The Hall–Kier alpha value is -1.70. The summed E-state index contributed by atoms with van der Waals surface area (Å²) in [4.78, 5) is 19.6. The first-order valence-corrected chi connectivity index (χ1v) is 9.75. The fraction of sp³-hybridized carbons (Fsp3) is 0.684. The second kappa shape index (κ2) is 7.50. The predicted molar refractivity (Wildman–Crippen MR) is 98.4 cm³/mol. The first kappa shape index (κ1) is 17.7. The number of fused-ring (bicyclic) bond motifs is 1. The number of piperidine rings is 1. The van der Waals surface area contributed by atoms with Crippen molar-refractivity contribution < 1.29 is 9.53 Å². The van der Waals surface area contributed by atoms with Crippen LogP contribution >= 0.6 is 0 Å². The molecule has 3 unspecified atom stereocenters. The molecule has 0 spiro atoms. The first-order valence-electron chi connectivity index (χ1n) is 9.75. The van der Waals surface area contributed by atoms with E-state index in [0.29, 0.717) is 30.4 Å². The maximum Gasteiger partial charge on any atom is 0.242 e. The molecule has 2 aliphatic heterocycles. The van der Waals surface area contributed by atoms with Gasteiger partial charge in [-0.05, 0) is 51.3 Å². The number of rotatable bonds is 6. The van der Waals surface area contributed by atoms with E-state index in [1.807, 2.05) is 30.9 Å². The zero-order valence-electron chi connectivity index (χ0n) is 15.6. The summed E-state index contributed by atoms with van der Waals surface area (Å²) in [6.07, 6.45) is 5.10. The minimum absolute atomic E-state index is 0.0865. The van der Waals surface area contributed by atoms with Crippen molar-refractivity contribution >= 4 is 5.91 Å². The van der Waals surface area contributed by atoms with Crippen molar-refractivity contribution in [1.29, 1.82) is 0 Å². The van der Waals surface area contributed by atoms with Gasteiger partial charge in [0, 0.05) is 43.4 Å². The molecular weight excluding hydrogens is 330 g/mol. The molecule has 0 radical (unpaired) electrons. The van der Waals surface area contributed by atoms with Crippen LogP contribution in [0.25, 0.3) is 0 Å². The predicted octanol–water partition coefficient (Wildman–Crippen LogP) is 0.814. The van der Waals surface area contributed by atoms with Crippen molar-refractivity contribution in [3.8, 4) is 5.88 Å². The smallest absolute Gasteiger partial charge is 0.242 e. The molecule has 1 saturated carbocycles. The molecule has 3 heterocycles. The number of pyridine rings is 1. The average molecular weight is 359 g/mol. The SMILES string of the molecule is CC(C)Oc1cc(CN(C(=O)C2NNC3CCNCC32)C2CC2)ccn1. The Balaban J connectivity index is 1.47. The summed E-state index contributed by atoms with van der Waals surface area (Å²) in [5, 5.41) is 3.42. The highest BCUT2D eigenvalue weighted by Crippen LogP contribution is 2.31. The molecule has 3 N–H and O–H groups in total. The lowest BCUT2D eigenvalue weighted by Crippen LogP contribution is -2.51. The molecule has 7 nitrogen and oxygen atoms in total. The standard InChI is InChI=1S/C19H29N5O2/c1-12(2)26-17-9-13(5-8-21-17)11-24(14-3-4-14)19(25)18-15-10-20-7-6-16(15)22-23-18/h5,8-9,12,14-16,18,20,22-23H,3-4,6-7,10-11H2,1-2H3. The number of ether oxygens (including phenoxy) is 1. The Morgan fingerprint density at radius 1 is 1.35 bits per heavy atom. The van der Waals surface area contributed by atoms with Gasteiger partial charge in [-0.1, -0.05) is 0 Å². The fourth-order valence-electron chi connectivity index (χ4n) is 3.96. The molecule has 2 saturated heterocycles. The summed E-state index contributed by atoms with van der Waals surface area (Å²) in [5.74, 6) is 1.15. The van der Waals surface area contributed by atoms with E-state index in [4.69, 9.17) is 4.74 Å². The van der Waals surface area contributed by atoms with Gasteiger partial charge in [0.2, 0.25) is 11.8 Å². The van der Waals surface area contributed by atoms with Gasteiger partial charge in [0.1, 0.15) is 6.04 Å². The third-order valence-corrected chi connectivity index (χ3v) is 5.43. The minimum atomic E-state index is -0.151. The first-order chi connectivity index (χ1) is 12.6. The molecule has 0 bridgehead atoms. The lowest BCUT2D eigenvalue weighted by molar-refractivity contribution is -0.135. The van der Waals surface area contributed by atoms with E-state index >= 15 is 0 Å². The van der Waals surface area contributed by atoms with E-state index in [0.717, 1.165) is 37.9 Å². The normalized spacial score (nSPS) is 28.0. The molecule has 3 aliphatic rings. The van der Waals surface area contributed by atoms with Crippen LogP contribution in [-0.4, -0.2) is 53.1 Å². The molecule has 1 aromatic heterocycles. The maximum absolute atomic E-state index is 13.3. The lowest BCUT2D eigenvalue weighted by atomic mass is 9.88. The summed E-state index contributed by atoms with van der Waals surface area (Å²) in [6, 6.07) is 4.53. The largest absolute Gasteiger partial charge is 0.475 e. The van der Waals surface area contributed by atoms with Gasteiger partial charge >= 0.3 is 0 Å². The van der Waals surface area contributed by atoms with Crippen LogP contribution in [0.3, 0.4) is 0 Å². The third kappa shape index (κ3) is 3.84. The van der Waals surface area contributed by atoms with E-state index in [2.05, 4.69) is 21.2 Å². The van der Waals surface area contributed by atoms with Gasteiger partial charge < -0.3 is 15.0 Å². The molecule has 4 rings (SSSR count). The third-order valence-electron chi connectivity index (χ3n) is 5.43. The Kier molecular flexibility index (Phi) is 5.11. The molecule has 3 atom stereocenters. The number of aromatic nitrogens is 1. The number of carbonyl (C=O) groups is 1. The molecule has 142 valence electrons. The van der Waals surface area contributed by atoms with E-state index < -0.39 is 0 Å². The Bertz CT molecular complexity index is 649. The van der Waals surface area contributed by atoms with Crippen LogP contribution in [0.5, 0.6) is 5.88 Å². The molecule has 7 heteroatoms. The van der Waals surface area contributed by atoms with Crippen LogP contribution in [0.15, 0.2) is 18.3 Å². The number of nitrogens with zero attached hydrogens (tertiary/aromatic N) is 2. The molecule has 1 amide bonds. The van der Waals surface area contributed by atoms with Gasteiger partial charge in [-0.2, -0.15) is 0 Å². The summed E-state index contributed by atoms with van der Waals surface area (Å²) < 4.78 is 5.70. The van der Waals surface area contributed by atoms with Gasteiger partial charge in [0.15, 0.2) is 0 Å². The number of carbonyl (C=O) groups excluding carboxylic acids is 1. The van der Waals surface area contributed by atoms with Gasteiger partial charge in [-0.25, -0.2) is 10.4 Å². The van der Waals surface area contributed by atoms with Crippen LogP contribution in [0.4, 0.5) is 0 Å². The van der Waals surface area contributed by atoms with Crippen molar-refractivity contribution in [2.45, 2.75) is 63.9 Å². The van der Waals surface area contributed by atoms with E-state index in [1.54, 1.807) is 6.20 Å². The van der Waals surface area contributed by atoms with Crippen molar-refractivity contribution in [3.05, 3.63) is 23.9 Å². The summed E-state index contributed by atoms with van der Waals surface area (Å²) in [7, 11) is 0. The van der Waals surface area contributed by atoms with Crippen molar-refractivity contribution in [2.24, 2.45) is 5.92 Å². The van der Waals surface area contributed by atoms with E-state index in [9.17, 15) is 4.79 Å². The highest BCUT2D eigenvalue weighted by molar-refractivity contribution is 5.83. The number of hydrogen-bond donors (Lipinski definition) is 3. The molecule has 0 aromatic carbocycles. The van der Waals surface area contributed by atoms with Crippen LogP contribution in [0.1, 0.15) is 38.7 Å². The molecule has 3 fully saturated rings. The van der Waals surface area contributed by atoms with Gasteiger partial charge in [-0.3, -0.25) is 10.2 Å². The summed E-state index contributed by atoms with van der Waals surface area (Å²) >= 11 is 0. The zero-order chi connectivity index (χ0) is 18.1. The fourth-order valence-corrected chi connectivity index (χ4v) is 3.96. The van der Waals surface area contributed by atoms with Crippen LogP contribution in [-0.2, 0) is 11.3 Å². The van der Waals surface area contributed by atoms with Gasteiger partial charge in [0.05, 0.1) is 6.10 Å². The zero-order valence-corrected chi connectivity index (χ0v) is 15.6. The number of hydrogen-bond acceptors (Lipinski definition) is 6. The maximum atomic E-state index is 13.3. The Labute approximate surface area is 154 Å². The van der Waals surface area contributed by atoms with Crippen LogP contribution in [0.2, 0.25) is 0 Å². The van der Waals surface area contributed by atoms with Gasteiger partial charge in [-0.15, -0.1) is 0 Å². The quantitative estimate of drug-likeness (QED) is 0.698. The molecule has 1 aliphatic carbocycles. The molecular formula is C19H29N5O2. The summed E-state index contributed by atoms with van der Waals surface area (Å²) in [6.45, 7) is 6.49. The Morgan fingerprint density at radius 3 is 2.96 bits per heavy atom. The Morgan fingerprint density at radius 2 is 2.19 bits per heavy atom. The number of nitrogens with one attached hydrogen (secondary N) is 3. The topological polar surface area (TPSA) is 78.5 Å². The monoisotopic (exact) mass is 359 g/mol. The second-order valence-corrected chi connectivity index (χ2v) is 7.90. The van der Waals surface area contributed by atoms with Crippen LogP contribution in [0, 0.1) is 5.92 Å². The summed E-state index contributed by atoms with van der Waals surface area (Å²) in [5.41, 5.74) is 7.67. The highest BCUT2D eigenvalue weighted by atomic mass is 16.5. The molecule has 1 aromatic rings. The lowest BCUT2D eigenvalue weighted by Gasteiger charge is -2.31. The van der Waals surface area contributed by atoms with E-state index in [-0.39, 0.29) is 18.1 Å². The number of amides is 1. The second-order valence-electron chi connectivity index (χ2n) is 7.90. The van der Waals surface area contributed by atoms with Crippen molar-refractivity contribution in [2.75, 3.05) is 13.1 Å². The van der Waals surface area contributed by atoms with E-state index in [1.165, 1.54) is 0 Å². The van der Waals surface area contributed by atoms with Crippen molar-refractivity contribution in [1.82, 2.24) is 26.1 Å². The van der Waals surface area contributed by atoms with Crippen LogP contribution < -0.4 is 20.9 Å². The van der Waals surface area contributed by atoms with Gasteiger partial charge in [0.25, 0.3) is 0 Å².